The molecule has 0 aliphatic heterocycles. The van der Waals surface area contributed by atoms with Crippen molar-refractivity contribution in [3.8, 4) is 11.1 Å². The molecule has 0 heterocycles. The van der Waals surface area contributed by atoms with E-state index in [9.17, 15) is 9.90 Å². The number of fused-ring (bicyclic) bond motifs is 3. The van der Waals surface area contributed by atoms with Gasteiger partial charge < -0.3 is 5.11 Å². The highest BCUT2D eigenvalue weighted by Crippen LogP contribution is 2.44. The molecule has 0 saturated heterocycles. The first kappa shape index (κ1) is 18.6. The number of Topliss-reactive ketones (excluding diaryl/α,β-unsaturated/α-hetero) is 1. The first-order chi connectivity index (χ1) is 13.0. The fourth-order valence-electron chi connectivity index (χ4n) is 4.44. The van der Waals surface area contributed by atoms with Crippen LogP contribution in [0.25, 0.3) is 16.7 Å². The monoisotopic (exact) mass is 400 g/mol. The van der Waals surface area contributed by atoms with Crippen LogP contribution in [-0.4, -0.2) is 10.9 Å². The van der Waals surface area contributed by atoms with Gasteiger partial charge in [-0.2, -0.15) is 0 Å². The number of hydrogen-bond donors (Lipinski definition) is 1. The molecular formula is C23H22Cl2O2. The molecule has 0 atom stereocenters. The number of benzene rings is 2. The van der Waals surface area contributed by atoms with Gasteiger partial charge in [0, 0.05) is 27.4 Å². The summed E-state index contributed by atoms with van der Waals surface area (Å²) in [6, 6.07) is 11.5. The number of aryl methyl sites for hydroxylation is 1. The molecule has 0 aromatic heterocycles. The standard InChI is InChI=1S/C23H22Cl2O2/c1-2-13-3-8-16(18-10-9-17(24)12-20(18)25)11-19(13)21-22(26)14-4-5-15(7-6-14)23(21)27/h3,8-12,14-15,26H,2,4-7H2,1H3. The summed E-state index contributed by atoms with van der Waals surface area (Å²) in [5.74, 6) is 0.527. The Balaban J connectivity index is 1.89. The second kappa shape index (κ2) is 7.33. The fraction of sp³-hybridized carbons (Fsp3) is 0.348. The molecule has 2 nitrogen and oxygen atoms in total. The average molecular weight is 401 g/mol. The van der Waals surface area contributed by atoms with E-state index >= 15 is 0 Å². The maximum Gasteiger partial charge on any atom is 0.169 e. The number of ketones is 1. The minimum Gasteiger partial charge on any atom is -0.511 e. The summed E-state index contributed by atoms with van der Waals surface area (Å²) >= 11 is 12.4. The average Bonchev–Trinajstić information content (AvgIpc) is 2.86. The smallest absolute Gasteiger partial charge is 0.169 e. The zero-order chi connectivity index (χ0) is 19.1. The van der Waals surface area contributed by atoms with Crippen LogP contribution in [0.2, 0.25) is 10.0 Å². The second-order valence-corrected chi connectivity index (χ2v) is 8.37. The molecule has 0 spiro atoms. The minimum absolute atomic E-state index is 0.0355. The normalized spacial score (nSPS) is 22.3. The van der Waals surface area contributed by atoms with Gasteiger partial charge in [0.15, 0.2) is 5.78 Å². The zero-order valence-electron chi connectivity index (χ0n) is 15.3. The Morgan fingerprint density at radius 3 is 2.33 bits per heavy atom. The van der Waals surface area contributed by atoms with Gasteiger partial charge in [-0.1, -0.05) is 48.3 Å². The second-order valence-electron chi connectivity index (χ2n) is 7.52. The number of hydrogen-bond acceptors (Lipinski definition) is 2. The predicted octanol–water partition coefficient (Wildman–Crippen LogP) is 6.88. The van der Waals surface area contributed by atoms with Crippen LogP contribution in [0.4, 0.5) is 0 Å². The summed E-state index contributed by atoms with van der Waals surface area (Å²) in [6.45, 7) is 2.07. The lowest BCUT2D eigenvalue weighted by Gasteiger charge is -2.21. The summed E-state index contributed by atoms with van der Waals surface area (Å²) in [5.41, 5.74) is 4.24. The van der Waals surface area contributed by atoms with Crippen molar-refractivity contribution >= 4 is 34.6 Å². The Bertz CT molecular complexity index is 937. The lowest BCUT2D eigenvalue weighted by atomic mass is 9.82. The Labute approximate surface area is 169 Å². The maximum atomic E-state index is 13.2. The van der Waals surface area contributed by atoms with Crippen LogP contribution in [0.1, 0.15) is 43.7 Å². The van der Waals surface area contributed by atoms with E-state index in [1.54, 1.807) is 6.07 Å². The van der Waals surface area contributed by atoms with Gasteiger partial charge in [-0.25, -0.2) is 0 Å². The molecule has 1 saturated carbocycles. The third kappa shape index (κ3) is 3.30. The van der Waals surface area contributed by atoms with E-state index in [2.05, 4.69) is 6.92 Å². The van der Waals surface area contributed by atoms with Crippen molar-refractivity contribution in [2.75, 3.05) is 0 Å². The SMILES string of the molecule is CCc1ccc(-c2ccc(Cl)cc2Cl)cc1C1=C(O)C2CCC(CC2)C1=O. The van der Waals surface area contributed by atoms with Gasteiger partial charge in [-0.15, -0.1) is 0 Å². The first-order valence-corrected chi connectivity index (χ1v) is 10.3. The zero-order valence-corrected chi connectivity index (χ0v) is 16.8. The number of halogens is 2. The van der Waals surface area contributed by atoms with E-state index in [4.69, 9.17) is 23.2 Å². The van der Waals surface area contributed by atoms with Gasteiger partial charge in [0.2, 0.25) is 0 Å². The fourth-order valence-corrected chi connectivity index (χ4v) is 4.96. The highest BCUT2D eigenvalue weighted by molar-refractivity contribution is 6.36. The van der Waals surface area contributed by atoms with Gasteiger partial charge in [-0.05, 0) is 67.0 Å². The maximum absolute atomic E-state index is 13.2. The first-order valence-electron chi connectivity index (χ1n) is 9.55. The number of aliphatic hydroxyl groups is 1. The molecule has 2 aromatic rings. The molecule has 1 N–H and O–H groups in total. The Hall–Kier alpha value is -1.77. The van der Waals surface area contributed by atoms with Crippen LogP contribution in [-0.2, 0) is 11.2 Å². The van der Waals surface area contributed by atoms with E-state index in [1.807, 2.05) is 30.3 Å². The highest BCUT2D eigenvalue weighted by Gasteiger charge is 2.38. The predicted molar refractivity (Wildman–Crippen MR) is 111 cm³/mol. The number of carbonyl (C=O) groups excluding carboxylic acids is 1. The van der Waals surface area contributed by atoms with Crippen molar-refractivity contribution < 1.29 is 9.90 Å². The quantitative estimate of drug-likeness (QED) is 0.609. The number of allylic oxidation sites excluding steroid dienone is 2. The summed E-state index contributed by atoms with van der Waals surface area (Å²) in [5, 5.41) is 12.1. The summed E-state index contributed by atoms with van der Waals surface area (Å²) in [6.07, 6.45) is 4.34. The van der Waals surface area contributed by atoms with Crippen molar-refractivity contribution in [3.05, 3.63) is 63.3 Å². The van der Waals surface area contributed by atoms with Gasteiger partial charge in [0.1, 0.15) is 5.76 Å². The van der Waals surface area contributed by atoms with Crippen molar-refractivity contribution in [1.29, 1.82) is 0 Å². The molecule has 3 aliphatic rings. The van der Waals surface area contributed by atoms with Crippen molar-refractivity contribution in [3.63, 3.8) is 0 Å². The molecule has 1 fully saturated rings. The van der Waals surface area contributed by atoms with Crippen LogP contribution >= 0.6 is 23.2 Å². The van der Waals surface area contributed by atoms with E-state index in [0.717, 1.165) is 54.4 Å². The molecule has 5 rings (SSSR count). The molecular weight excluding hydrogens is 379 g/mol. The molecule has 4 heteroatoms. The topological polar surface area (TPSA) is 37.3 Å². The highest BCUT2D eigenvalue weighted by atomic mass is 35.5. The van der Waals surface area contributed by atoms with Crippen molar-refractivity contribution in [2.24, 2.45) is 11.8 Å². The number of carbonyl (C=O) groups is 1. The lowest BCUT2D eigenvalue weighted by Crippen LogP contribution is -2.17. The Morgan fingerprint density at radius 1 is 0.963 bits per heavy atom. The molecule has 3 aliphatic carbocycles. The van der Waals surface area contributed by atoms with Crippen LogP contribution in [0.5, 0.6) is 0 Å². The van der Waals surface area contributed by atoms with Gasteiger partial charge in [0.05, 0.1) is 5.57 Å². The van der Waals surface area contributed by atoms with Gasteiger partial charge in [-0.3, -0.25) is 4.79 Å². The molecule has 140 valence electrons. The Kier molecular flexibility index (Phi) is 5.05. The summed E-state index contributed by atoms with van der Waals surface area (Å²) in [7, 11) is 0. The molecule has 2 bridgehead atoms. The molecule has 0 amide bonds. The Morgan fingerprint density at radius 2 is 1.67 bits per heavy atom. The van der Waals surface area contributed by atoms with Crippen LogP contribution < -0.4 is 0 Å². The minimum atomic E-state index is 0.0355. The largest absolute Gasteiger partial charge is 0.511 e. The van der Waals surface area contributed by atoms with Gasteiger partial charge >= 0.3 is 0 Å². The van der Waals surface area contributed by atoms with Crippen LogP contribution in [0.3, 0.4) is 0 Å². The molecule has 0 unspecified atom stereocenters. The number of rotatable bonds is 3. The van der Waals surface area contributed by atoms with E-state index in [-0.39, 0.29) is 23.4 Å². The third-order valence-electron chi connectivity index (χ3n) is 5.99. The van der Waals surface area contributed by atoms with Crippen LogP contribution in [0.15, 0.2) is 42.2 Å². The van der Waals surface area contributed by atoms with Crippen molar-refractivity contribution in [1.82, 2.24) is 0 Å². The van der Waals surface area contributed by atoms with E-state index < -0.39 is 0 Å². The molecule has 27 heavy (non-hydrogen) atoms. The summed E-state index contributed by atoms with van der Waals surface area (Å²) < 4.78 is 0. The third-order valence-corrected chi connectivity index (χ3v) is 6.54. The van der Waals surface area contributed by atoms with Crippen LogP contribution in [0, 0.1) is 11.8 Å². The van der Waals surface area contributed by atoms with E-state index in [0.29, 0.717) is 15.6 Å². The van der Waals surface area contributed by atoms with Gasteiger partial charge in [0.25, 0.3) is 0 Å². The molecule has 0 radical (unpaired) electrons. The molecule has 2 aromatic carbocycles. The lowest BCUT2D eigenvalue weighted by molar-refractivity contribution is -0.117. The number of aliphatic hydroxyl groups excluding tert-OH is 1. The summed E-state index contributed by atoms with van der Waals surface area (Å²) in [4.78, 5) is 13.2. The van der Waals surface area contributed by atoms with Crippen molar-refractivity contribution in [2.45, 2.75) is 39.0 Å². The van der Waals surface area contributed by atoms with E-state index in [1.165, 1.54) is 0 Å².